The van der Waals surface area contributed by atoms with Gasteiger partial charge in [-0.2, -0.15) is 0 Å². The Morgan fingerprint density at radius 1 is 1.41 bits per heavy atom. The van der Waals surface area contributed by atoms with Crippen LogP contribution in [0, 0.1) is 5.92 Å². The number of alkyl carbamates (subject to hydrolysis) is 1. The van der Waals surface area contributed by atoms with Crippen LogP contribution in [0.2, 0.25) is 0 Å². The van der Waals surface area contributed by atoms with Crippen molar-refractivity contribution in [1.82, 2.24) is 21.3 Å². The molecule has 7 N–H and O–H groups in total. The highest BCUT2D eigenvalue weighted by atomic mass is 16.6. The molecule has 1 amide bonds. The largest absolute Gasteiger partial charge is 0.478 e. The minimum absolute atomic E-state index is 0.0606. The summed E-state index contributed by atoms with van der Waals surface area (Å²) in [5, 5.41) is 25.3. The Morgan fingerprint density at radius 3 is 2.84 bits per heavy atom. The summed E-state index contributed by atoms with van der Waals surface area (Å²) in [7, 11) is 0. The minimum Gasteiger partial charge on any atom is -0.478 e. The number of rotatable bonds is 14. The zero-order valence-corrected chi connectivity index (χ0v) is 18.4. The fourth-order valence-electron chi connectivity index (χ4n) is 3.37. The molecule has 0 aliphatic carbocycles. The summed E-state index contributed by atoms with van der Waals surface area (Å²) >= 11 is 0. The van der Waals surface area contributed by atoms with Crippen molar-refractivity contribution in [2.45, 2.75) is 57.4 Å². The van der Waals surface area contributed by atoms with E-state index in [1.165, 1.54) is 0 Å². The van der Waals surface area contributed by atoms with Crippen molar-refractivity contribution in [2.24, 2.45) is 16.8 Å². The molecule has 12 nitrogen and oxygen atoms in total. The maximum absolute atomic E-state index is 13.1. The van der Waals surface area contributed by atoms with Gasteiger partial charge < -0.3 is 20.0 Å². The first-order valence-electron chi connectivity index (χ1n) is 11.0. The molecule has 180 valence electrons. The van der Waals surface area contributed by atoms with Crippen molar-refractivity contribution in [3.63, 3.8) is 0 Å². The van der Waals surface area contributed by atoms with Crippen molar-refractivity contribution in [3.8, 4) is 0 Å². The van der Waals surface area contributed by atoms with Crippen LogP contribution in [0.25, 0.3) is 0 Å². The van der Waals surface area contributed by atoms with Crippen molar-refractivity contribution in [1.29, 1.82) is 0 Å². The second kappa shape index (κ2) is 13.0. The van der Waals surface area contributed by atoms with Crippen LogP contribution in [0.4, 0.5) is 4.79 Å². The first-order chi connectivity index (χ1) is 15.4. The molecule has 0 aromatic rings. The molecule has 0 aromatic carbocycles. The van der Waals surface area contributed by atoms with Gasteiger partial charge in [-0.15, -0.1) is 0 Å². The van der Waals surface area contributed by atoms with Crippen LogP contribution < -0.4 is 27.0 Å². The Bertz CT molecular complexity index is 715. The van der Waals surface area contributed by atoms with E-state index in [1.54, 1.807) is 0 Å². The van der Waals surface area contributed by atoms with E-state index >= 15 is 0 Å². The van der Waals surface area contributed by atoms with E-state index in [4.69, 9.17) is 15.3 Å². The number of nitrogens with zero attached hydrogens (tertiary/aromatic N) is 1. The molecule has 2 aliphatic heterocycles. The van der Waals surface area contributed by atoms with Gasteiger partial charge in [0.05, 0.1) is 12.5 Å². The predicted molar refractivity (Wildman–Crippen MR) is 116 cm³/mol. The van der Waals surface area contributed by atoms with Crippen LogP contribution in [-0.2, 0) is 19.2 Å². The lowest BCUT2D eigenvalue weighted by atomic mass is 9.82. The number of nitrogens with one attached hydrogen (secondary N) is 4. The molecular formula is C20H34N6O6. The van der Waals surface area contributed by atoms with Gasteiger partial charge in [-0.3, -0.25) is 26.5 Å². The summed E-state index contributed by atoms with van der Waals surface area (Å²) in [6.07, 6.45) is 5.77. The molecule has 0 radical (unpaired) electrons. The Morgan fingerprint density at radius 2 is 2.22 bits per heavy atom. The van der Waals surface area contributed by atoms with Gasteiger partial charge in [0, 0.05) is 13.0 Å². The maximum atomic E-state index is 13.1. The molecule has 0 saturated heterocycles. The van der Waals surface area contributed by atoms with Crippen LogP contribution in [0.3, 0.4) is 0 Å². The van der Waals surface area contributed by atoms with E-state index in [0.717, 1.165) is 13.0 Å². The quantitative estimate of drug-likeness (QED) is 0.154. The third-order valence-corrected chi connectivity index (χ3v) is 5.24. The second-order valence-corrected chi connectivity index (χ2v) is 7.69. The van der Waals surface area contributed by atoms with Crippen molar-refractivity contribution in [3.05, 3.63) is 12.3 Å². The third-order valence-electron chi connectivity index (χ3n) is 5.24. The standard InChI is InChI=1S/C20H34N6O6/c1-2-3-12-31-19(30)25-20(21,17(28)29)14(16(27)15-8-13-32-26-15)7-4-5-9-22-18-23-10-6-11-24-18/h6,10,14,18,22-24H,2-5,7-9,11-13,21H2,1H3,(H,25,30)(H,28,29). The number of ketones is 1. The van der Waals surface area contributed by atoms with Crippen LogP contribution in [0.15, 0.2) is 17.4 Å². The topological polar surface area (TPSA) is 176 Å². The Kier molecular flexibility index (Phi) is 10.4. The smallest absolute Gasteiger partial charge is 0.409 e. The third kappa shape index (κ3) is 7.46. The van der Waals surface area contributed by atoms with Gasteiger partial charge in [0.25, 0.3) is 0 Å². The molecule has 2 rings (SSSR count). The van der Waals surface area contributed by atoms with E-state index in [2.05, 4.69) is 26.4 Å². The fraction of sp³-hybridized carbons (Fsp3) is 0.700. The van der Waals surface area contributed by atoms with Crippen molar-refractivity contribution < 1.29 is 29.1 Å². The summed E-state index contributed by atoms with van der Waals surface area (Å²) in [6.45, 7) is 3.67. The maximum Gasteiger partial charge on any atom is 0.409 e. The predicted octanol–water partition coefficient (Wildman–Crippen LogP) is -0.0361. The molecule has 2 heterocycles. The zero-order valence-electron chi connectivity index (χ0n) is 18.4. The molecule has 0 spiro atoms. The van der Waals surface area contributed by atoms with E-state index in [-0.39, 0.29) is 38.1 Å². The number of hydrogen-bond donors (Lipinski definition) is 6. The lowest BCUT2D eigenvalue weighted by Gasteiger charge is -2.33. The number of aliphatic carboxylic acids is 1. The molecule has 0 saturated carbocycles. The van der Waals surface area contributed by atoms with E-state index in [0.29, 0.717) is 25.8 Å². The highest BCUT2D eigenvalue weighted by Gasteiger charge is 2.49. The Hall–Kier alpha value is -2.70. The average Bonchev–Trinajstić information content (AvgIpc) is 3.31. The van der Waals surface area contributed by atoms with Gasteiger partial charge in [0.1, 0.15) is 18.6 Å². The number of carboxylic acids is 1. The monoisotopic (exact) mass is 454 g/mol. The van der Waals surface area contributed by atoms with E-state index in [9.17, 15) is 19.5 Å². The number of carbonyl (C=O) groups is 3. The SMILES string of the molecule is CCCCOC(=O)NC(N)(C(=O)O)C(CCCCNC1NC=CCN1)C(=O)C1=NOCC1. The molecular weight excluding hydrogens is 420 g/mol. The number of ether oxygens (including phenoxy) is 1. The first-order valence-corrected chi connectivity index (χ1v) is 11.0. The van der Waals surface area contributed by atoms with Gasteiger partial charge in [0.15, 0.2) is 5.78 Å². The highest BCUT2D eigenvalue weighted by molar-refractivity contribution is 6.41. The Balaban J connectivity index is 2.01. The van der Waals surface area contributed by atoms with Crippen molar-refractivity contribution in [2.75, 3.05) is 26.3 Å². The summed E-state index contributed by atoms with van der Waals surface area (Å²) in [5.41, 5.74) is 3.90. The summed E-state index contributed by atoms with van der Waals surface area (Å²) in [5.74, 6) is -3.30. The molecule has 12 heteroatoms. The number of amides is 1. The first kappa shape index (κ1) is 25.6. The molecule has 0 bridgehead atoms. The highest BCUT2D eigenvalue weighted by Crippen LogP contribution is 2.24. The number of carbonyl (C=O) groups excluding carboxylic acids is 2. The number of oxime groups is 1. The summed E-state index contributed by atoms with van der Waals surface area (Å²) in [4.78, 5) is 42.2. The van der Waals surface area contributed by atoms with Crippen LogP contribution >= 0.6 is 0 Å². The van der Waals surface area contributed by atoms with E-state index < -0.39 is 29.4 Å². The molecule has 0 fully saturated rings. The molecule has 0 aromatic heterocycles. The summed E-state index contributed by atoms with van der Waals surface area (Å²) in [6, 6.07) is 0. The van der Waals surface area contributed by atoms with E-state index in [1.807, 2.05) is 19.2 Å². The van der Waals surface area contributed by atoms with Crippen LogP contribution in [0.1, 0.15) is 45.4 Å². The average molecular weight is 455 g/mol. The van der Waals surface area contributed by atoms with Gasteiger partial charge in [-0.05, 0) is 32.0 Å². The summed E-state index contributed by atoms with van der Waals surface area (Å²) < 4.78 is 5.00. The van der Waals surface area contributed by atoms with Gasteiger partial charge >= 0.3 is 12.1 Å². The minimum atomic E-state index is -2.34. The van der Waals surface area contributed by atoms with Crippen LogP contribution in [-0.4, -0.2) is 66.9 Å². The molecule has 3 atom stereocenters. The van der Waals surface area contributed by atoms with Gasteiger partial charge in [0.2, 0.25) is 5.66 Å². The number of unbranched alkanes of at least 4 members (excludes halogenated alkanes) is 2. The molecule has 3 unspecified atom stereocenters. The van der Waals surface area contributed by atoms with Crippen LogP contribution in [0.5, 0.6) is 0 Å². The number of hydrogen-bond acceptors (Lipinski definition) is 10. The van der Waals surface area contributed by atoms with Gasteiger partial charge in [-0.25, -0.2) is 9.59 Å². The lowest BCUT2D eigenvalue weighted by Crippen LogP contribution is -2.68. The molecule has 32 heavy (non-hydrogen) atoms. The zero-order chi connectivity index (χ0) is 23.4. The Labute approximate surface area is 187 Å². The van der Waals surface area contributed by atoms with Crippen molar-refractivity contribution >= 4 is 23.6 Å². The molecule has 2 aliphatic rings. The lowest BCUT2D eigenvalue weighted by molar-refractivity contribution is -0.149. The van der Waals surface area contributed by atoms with Gasteiger partial charge in [-0.1, -0.05) is 31.0 Å². The fourth-order valence-corrected chi connectivity index (χ4v) is 3.37. The second-order valence-electron chi connectivity index (χ2n) is 7.69. The number of carboxylic acid groups (broad SMARTS) is 1. The number of Topliss-reactive ketones (excluding diaryl/α,β-unsaturated/α-hetero) is 1. The normalized spacial score (nSPS) is 20.3. The number of nitrogens with two attached hydrogens (primary N) is 1.